The third-order valence-corrected chi connectivity index (χ3v) is 5.14. The summed E-state index contributed by atoms with van der Waals surface area (Å²) < 4.78 is 22.9. The molecular weight excluding hydrogens is 276 g/mol. The van der Waals surface area contributed by atoms with Crippen LogP contribution in [0.4, 0.5) is 0 Å². The van der Waals surface area contributed by atoms with Crippen molar-refractivity contribution in [1.29, 1.82) is 0 Å². The second-order valence-electron chi connectivity index (χ2n) is 5.09. The van der Waals surface area contributed by atoms with Crippen molar-refractivity contribution in [2.45, 2.75) is 18.9 Å². The van der Waals surface area contributed by atoms with Crippen molar-refractivity contribution in [2.75, 3.05) is 44.6 Å². The molecule has 1 atom stereocenters. The van der Waals surface area contributed by atoms with Gasteiger partial charge in [0.05, 0.1) is 32.1 Å². The van der Waals surface area contributed by atoms with Gasteiger partial charge in [-0.15, -0.1) is 11.6 Å². The van der Waals surface area contributed by atoms with Gasteiger partial charge in [-0.05, 0) is 6.42 Å². The van der Waals surface area contributed by atoms with Crippen LogP contribution in [0.15, 0.2) is 0 Å². The molecule has 106 valence electrons. The van der Waals surface area contributed by atoms with Crippen LogP contribution in [0.1, 0.15) is 12.8 Å². The van der Waals surface area contributed by atoms with Crippen molar-refractivity contribution < 1.29 is 18.1 Å². The molecule has 1 N–H and O–H groups in total. The fourth-order valence-electron chi connectivity index (χ4n) is 2.21. The van der Waals surface area contributed by atoms with Crippen LogP contribution in [0.25, 0.3) is 0 Å². The summed E-state index contributed by atoms with van der Waals surface area (Å²) in [6, 6.07) is -0.182. The van der Waals surface area contributed by atoms with Crippen LogP contribution < -0.4 is 4.90 Å². The standard InChI is InChI=1S/C11H21ClN2O3S/c1-13(2)5-3-6-14(11(15)8-12)10-4-7-18(16,17)9-10/h10H,3-9H2,1-2H3/p+1/t10-/m1/s1. The molecule has 0 radical (unpaired) electrons. The lowest BCUT2D eigenvalue weighted by Gasteiger charge is -2.27. The molecule has 0 saturated carbocycles. The second kappa shape index (κ2) is 6.73. The first kappa shape index (κ1) is 15.7. The first-order valence-corrected chi connectivity index (χ1v) is 8.56. The highest BCUT2D eigenvalue weighted by Gasteiger charge is 2.34. The number of rotatable bonds is 6. The van der Waals surface area contributed by atoms with Crippen molar-refractivity contribution in [3.05, 3.63) is 0 Å². The van der Waals surface area contributed by atoms with Gasteiger partial charge in [0.1, 0.15) is 5.88 Å². The quantitative estimate of drug-likeness (QED) is 0.625. The number of hydrogen-bond acceptors (Lipinski definition) is 3. The van der Waals surface area contributed by atoms with Gasteiger partial charge >= 0.3 is 0 Å². The van der Waals surface area contributed by atoms with E-state index in [9.17, 15) is 13.2 Å². The van der Waals surface area contributed by atoms with Crippen molar-refractivity contribution in [2.24, 2.45) is 0 Å². The number of carbonyl (C=O) groups excluding carboxylic acids is 1. The Balaban J connectivity index is 2.59. The minimum Gasteiger partial charge on any atom is -0.340 e. The number of hydrogen-bond donors (Lipinski definition) is 1. The van der Waals surface area contributed by atoms with Crippen LogP contribution in [0.5, 0.6) is 0 Å². The predicted molar refractivity (Wildman–Crippen MR) is 71.8 cm³/mol. The third kappa shape index (κ3) is 4.74. The van der Waals surface area contributed by atoms with Crippen LogP contribution in [0.3, 0.4) is 0 Å². The maximum absolute atomic E-state index is 11.8. The Kier molecular flexibility index (Phi) is 5.88. The molecule has 1 rings (SSSR count). The monoisotopic (exact) mass is 297 g/mol. The van der Waals surface area contributed by atoms with Crippen LogP contribution in [0, 0.1) is 0 Å². The highest BCUT2D eigenvalue weighted by Crippen LogP contribution is 2.18. The van der Waals surface area contributed by atoms with E-state index in [1.165, 1.54) is 4.90 Å². The number of quaternary nitrogens is 1. The first-order valence-electron chi connectivity index (χ1n) is 6.20. The molecule has 7 heteroatoms. The molecule has 1 aliphatic heterocycles. The van der Waals surface area contributed by atoms with E-state index in [4.69, 9.17) is 11.6 Å². The van der Waals surface area contributed by atoms with Gasteiger partial charge < -0.3 is 9.80 Å². The number of nitrogens with one attached hydrogen (secondary N) is 1. The zero-order valence-electron chi connectivity index (χ0n) is 11.0. The summed E-state index contributed by atoms with van der Waals surface area (Å²) >= 11 is 5.59. The van der Waals surface area contributed by atoms with Gasteiger partial charge in [0.15, 0.2) is 9.84 Å². The fraction of sp³-hybridized carbons (Fsp3) is 0.909. The number of amides is 1. The largest absolute Gasteiger partial charge is 0.340 e. The molecule has 0 aromatic carbocycles. The Morgan fingerprint density at radius 1 is 1.44 bits per heavy atom. The first-order chi connectivity index (χ1) is 8.35. The molecule has 1 amide bonds. The molecule has 1 saturated heterocycles. The number of halogens is 1. The summed E-state index contributed by atoms with van der Waals surface area (Å²) in [4.78, 5) is 14.7. The summed E-state index contributed by atoms with van der Waals surface area (Å²) in [6.45, 7) is 1.54. The van der Waals surface area contributed by atoms with E-state index in [0.29, 0.717) is 13.0 Å². The molecule has 1 heterocycles. The molecule has 0 aromatic rings. The maximum Gasteiger partial charge on any atom is 0.237 e. The Hall–Kier alpha value is -0.330. The Labute approximate surface area is 114 Å². The second-order valence-corrected chi connectivity index (χ2v) is 7.58. The van der Waals surface area contributed by atoms with Gasteiger partial charge in [-0.3, -0.25) is 4.79 Å². The lowest BCUT2D eigenvalue weighted by atomic mass is 10.2. The highest BCUT2D eigenvalue weighted by molar-refractivity contribution is 7.91. The Morgan fingerprint density at radius 2 is 2.11 bits per heavy atom. The predicted octanol–water partition coefficient (Wildman–Crippen LogP) is -1.22. The highest BCUT2D eigenvalue weighted by atomic mass is 35.5. The van der Waals surface area contributed by atoms with Crippen LogP contribution >= 0.6 is 11.6 Å². The van der Waals surface area contributed by atoms with Crippen molar-refractivity contribution in [3.63, 3.8) is 0 Å². The van der Waals surface area contributed by atoms with E-state index in [1.54, 1.807) is 4.90 Å². The zero-order valence-corrected chi connectivity index (χ0v) is 12.6. The van der Waals surface area contributed by atoms with Gasteiger partial charge in [0.2, 0.25) is 5.91 Å². The van der Waals surface area contributed by atoms with Gasteiger partial charge in [-0.25, -0.2) is 8.42 Å². The topological polar surface area (TPSA) is 58.9 Å². The molecule has 0 unspecified atom stereocenters. The lowest BCUT2D eigenvalue weighted by molar-refractivity contribution is -0.858. The SMILES string of the molecule is C[NH+](C)CCCN(C(=O)CCl)[C@@H]1CCS(=O)(=O)C1. The Bertz CT molecular complexity index is 384. The number of nitrogens with zero attached hydrogens (tertiary/aromatic N) is 1. The summed E-state index contributed by atoms with van der Waals surface area (Å²) in [5, 5.41) is 0. The van der Waals surface area contributed by atoms with Gasteiger partial charge in [0.25, 0.3) is 0 Å². The summed E-state index contributed by atoms with van der Waals surface area (Å²) in [5.41, 5.74) is 0. The minimum absolute atomic E-state index is 0.0780. The van der Waals surface area contributed by atoms with Crippen molar-refractivity contribution >= 4 is 27.3 Å². The van der Waals surface area contributed by atoms with Gasteiger partial charge in [-0.1, -0.05) is 0 Å². The van der Waals surface area contributed by atoms with E-state index < -0.39 is 9.84 Å². The molecule has 1 fully saturated rings. The smallest absolute Gasteiger partial charge is 0.237 e. The normalized spacial score (nSPS) is 22.3. The minimum atomic E-state index is -2.97. The molecule has 0 bridgehead atoms. The summed E-state index contributed by atoms with van der Waals surface area (Å²) in [5.74, 6) is 0.0332. The number of alkyl halides is 1. The van der Waals surface area contributed by atoms with Crippen molar-refractivity contribution in [3.8, 4) is 0 Å². The van der Waals surface area contributed by atoms with Gasteiger partial charge in [0, 0.05) is 19.0 Å². The average molecular weight is 298 g/mol. The molecule has 0 aliphatic carbocycles. The number of sulfone groups is 1. The van der Waals surface area contributed by atoms with E-state index >= 15 is 0 Å². The summed E-state index contributed by atoms with van der Waals surface area (Å²) in [6.07, 6.45) is 1.40. The fourth-order valence-corrected chi connectivity index (χ4v) is 4.10. The number of carbonyl (C=O) groups is 1. The molecule has 0 aromatic heterocycles. The molecule has 1 aliphatic rings. The van der Waals surface area contributed by atoms with Gasteiger partial charge in [-0.2, -0.15) is 0 Å². The molecule has 0 spiro atoms. The van der Waals surface area contributed by atoms with E-state index in [2.05, 4.69) is 0 Å². The third-order valence-electron chi connectivity index (χ3n) is 3.16. The lowest BCUT2D eigenvalue weighted by Crippen LogP contribution is -3.05. The molecule has 5 nitrogen and oxygen atoms in total. The van der Waals surface area contributed by atoms with Crippen LogP contribution in [0.2, 0.25) is 0 Å². The Morgan fingerprint density at radius 3 is 2.56 bits per heavy atom. The maximum atomic E-state index is 11.8. The van der Waals surface area contributed by atoms with E-state index in [-0.39, 0.29) is 29.3 Å². The molecule has 18 heavy (non-hydrogen) atoms. The summed E-state index contributed by atoms with van der Waals surface area (Å²) in [7, 11) is 1.13. The van der Waals surface area contributed by atoms with E-state index in [0.717, 1.165) is 13.0 Å². The average Bonchev–Trinajstić information content (AvgIpc) is 2.63. The van der Waals surface area contributed by atoms with Crippen molar-refractivity contribution in [1.82, 2.24) is 4.90 Å². The van der Waals surface area contributed by atoms with E-state index in [1.807, 2.05) is 14.1 Å². The van der Waals surface area contributed by atoms with Crippen LogP contribution in [-0.4, -0.2) is 69.8 Å². The zero-order chi connectivity index (χ0) is 13.8. The molecular formula is C11H22ClN2O3S+. The van der Waals surface area contributed by atoms with Crippen LogP contribution in [-0.2, 0) is 14.6 Å².